The zero-order valence-corrected chi connectivity index (χ0v) is 28.1. The van der Waals surface area contributed by atoms with Crippen LogP contribution in [0.15, 0.2) is 198 Å². The number of hydrogen-bond donors (Lipinski definition) is 0. The summed E-state index contributed by atoms with van der Waals surface area (Å²) in [6.07, 6.45) is 0. The molecule has 0 saturated heterocycles. The van der Waals surface area contributed by atoms with Gasteiger partial charge in [-0.25, -0.2) is 0 Å². The Morgan fingerprint density at radius 2 is 0.717 bits per heavy atom. The molecule has 0 spiro atoms. The van der Waals surface area contributed by atoms with Crippen LogP contribution in [-0.2, 0) is 0 Å². The van der Waals surface area contributed by atoms with Crippen molar-refractivity contribution in [3.63, 3.8) is 0 Å². The van der Waals surface area contributed by atoms with Crippen molar-refractivity contribution in [3.8, 4) is 44.5 Å². The van der Waals surface area contributed by atoms with Crippen LogP contribution in [0.4, 0.5) is 0 Å². The highest BCUT2D eigenvalue weighted by Crippen LogP contribution is 2.48. The lowest BCUT2D eigenvalue weighted by Gasteiger charge is -2.17. The predicted octanol–water partition coefficient (Wildman–Crippen LogP) is 14.9. The number of hydrogen-bond acceptors (Lipinski definition) is 1. The van der Waals surface area contributed by atoms with Crippen LogP contribution in [0.25, 0.3) is 110 Å². The van der Waals surface area contributed by atoms with Gasteiger partial charge < -0.3 is 4.42 Å². The predicted molar refractivity (Wildman–Crippen MR) is 225 cm³/mol. The number of benzene rings is 10. The van der Waals surface area contributed by atoms with Crippen molar-refractivity contribution in [1.29, 1.82) is 0 Å². The molecule has 0 N–H and O–H groups in total. The van der Waals surface area contributed by atoms with Gasteiger partial charge in [0.25, 0.3) is 0 Å². The Morgan fingerprint density at radius 1 is 0.321 bits per heavy atom. The molecule has 0 bridgehead atoms. The van der Waals surface area contributed by atoms with Crippen molar-refractivity contribution in [2.75, 3.05) is 0 Å². The van der Waals surface area contributed by atoms with Crippen molar-refractivity contribution in [3.05, 3.63) is 194 Å². The monoisotopic (exact) mass is 682 g/mol. The number of furan rings is 1. The SMILES string of the molecule is [2H]c1c([2H])c([2H])c(-c2c3ccccc3c(-c3ccc4c(c3)oc3c(-c5c6ccccc6c(-c6c([2H])c([2H])c([2H])c([2H])c6[2H])c6ccccc56)cccc34)c3ccccc23)c([2H])c1[2H]. The van der Waals surface area contributed by atoms with Crippen LogP contribution in [0.3, 0.4) is 0 Å². The molecule has 0 aliphatic rings. The molecule has 0 aliphatic heterocycles. The largest absolute Gasteiger partial charge is 0.455 e. The minimum atomic E-state index is -0.439. The third kappa shape index (κ3) is 4.51. The van der Waals surface area contributed by atoms with Crippen molar-refractivity contribution >= 4 is 65.0 Å². The molecular weight excluding hydrogens is 641 g/mol. The van der Waals surface area contributed by atoms with E-state index in [2.05, 4.69) is 12.1 Å². The summed E-state index contributed by atoms with van der Waals surface area (Å²) < 4.78 is 93.2. The molecule has 11 aromatic rings. The Balaban J connectivity index is 1.17. The second-order valence-electron chi connectivity index (χ2n) is 13.2. The van der Waals surface area contributed by atoms with E-state index in [-0.39, 0.29) is 59.5 Å². The first-order chi connectivity index (χ1) is 30.5. The molecule has 53 heavy (non-hydrogen) atoms. The molecule has 1 nitrogen and oxygen atoms in total. The van der Waals surface area contributed by atoms with Crippen LogP contribution >= 0.6 is 0 Å². The first-order valence-corrected chi connectivity index (χ1v) is 17.4. The molecule has 0 atom stereocenters. The summed E-state index contributed by atoms with van der Waals surface area (Å²) >= 11 is 0. The van der Waals surface area contributed by atoms with Gasteiger partial charge in [-0.3, -0.25) is 0 Å². The molecule has 0 radical (unpaired) electrons. The zero-order chi connectivity index (χ0) is 43.6. The van der Waals surface area contributed by atoms with Gasteiger partial charge in [0.2, 0.25) is 0 Å². The van der Waals surface area contributed by atoms with E-state index >= 15 is 0 Å². The standard InChI is InChI=1S/C52H32O/c1-3-16-33(17-4-1)48-37-20-7-9-22-39(37)50(40-23-10-8-21-38(40)48)35-30-31-36-45-28-15-29-46(52(45)53-47(36)32-35)51-43-26-13-11-24-41(43)49(34-18-5-2-6-19-34)42-25-12-14-27-44(42)51/h1-32H/i1D,2D,3D,4D,5D,6D,16D,17D,18D,19D. The Bertz CT molecular complexity index is 3640. The first-order valence-electron chi connectivity index (χ1n) is 22.4. The van der Waals surface area contributed by atoms with Gasteiger partial charge in [-0.1, -0.05) is 182 Å². The van der Waals surface area contributed by atoms with Crippen molar-refractivity contribution in [2.45, 2.75) is 0 Å². The maximum Gasteiger partial charge on any atom is 0.143 e. The fourth-order valence-corrected chi connectivity index (χ4v) is 8.30. The smallest absolute Gasteiger partial charge is 0.143 e. The minimum Gasteiger partial charge on any atom is -0.455 e. The van der Waals surface area contributed by atoms with Crippen molar-refractivity contribution in [2.24, 2.45) is 0 Å². The zero-order valence-electron chi connectivity index (χ0n) is 38.1. The summed E-state index contributed by atoms with van der Waals surface area (Å²) in [7, 11) is 0. The van der Waals surface area contributed by atoms with Gasteiger partial charge in [0.1, 0.15) is 11.2 Å². The maximum absolute atomic E-state index is 8.95. The number of rotatable bonds is 4. The van der Waals surface area contributed by atoms with Crippen molar-refractivity contribution in [1.82, 2.24) is 0 Å². The second kappa shape index (κ2) is 11.8. The van der Waals surface area contributed by atoms with Crippen LogP contribution in [0, 0.1) is 0 Å². The number of fused-ring (bicyclic) bond motifs is 7. The molecule has 1 aromatic heterocycles. The molecule has 246 valence electrons. The summed E-state index contributed by atoms with van der Waals surface area (Å²) in [6.45, 7) is 0. The average Bonchev–Trinajstić information content (AvgIpc) is 3.69. The van der Waals surface area contributed by atoms with Crippen LogP contribution in [0.2, 0.25) is 0 Å². The molecule has 10 aromatic carbocycles. The summed E-state index contributed by atoms with van der Waals surface area (Å²) in [5.41, 5.74) is 6.30. The minimum absolute atomic E-state index is 0.149. The van der Waals surface area contributed by atoms with E-state index < -0.39 is 12.1 Å². The number of para-hydroxylation sites is 1. The molecule has 0 fully saturated rings. The molecule has 1 heterocycles. The first kappa shape index (κ1) is 21.4. The summed E-state index contributed by atoms with van der Waals surface area (Å²) in [4.78, 5) is 0. The summed E-state index contributed by atoms with van der Waals surface area (Å²) in [5, 5.41) is 8.18. The third-order valence-electron chi connectivity index (χ3n) is 10.4. The van der Waals surface area contributed by atoms with E-state index in [1.54, 1.807) is 0 Å². The van der Waals surface area contributed by atoms with Gasteiger partial charge in [0, 0.05) is 21.9 Å². The molecule has 0 amide bonds. The summed E-state index contributed by atoms with van der Waals surface area (Å²) in [6, 6.07) is 39.9. The lowest BCUT2D eigenvalue weighted by molar-refractivity contribution is 0.670. The lowest BCUT2D eigenvalue weighted by Crippen LogP contribution is -1.90. The molecule has 11 rings (SSSR count). The van der Waals surface area contributed by atoms with E-state index in [1.807, 2.05) is 121 Å². The fraction of sp³-hybridized carbons (Fsp3) is 0. The van der Waals surface area contributed by atoms with Crippen LogP contribution in [-0.4, -0.2) is 0 Å². The Kier molecular flexibility index (Phi) is 4.77. The highest BCUT2D eigenvalue weighted by atomic mass is 16.3. The van der Waals surface area contributed by atoms with Gasteiger partial charge in [-0.2, -0.15) is 0 Å². The van der Waals surface area contributed by atoms with Gasteiger partial charge in [-0.15, -0.1) is 0 Å². The lowest BCUT2D eigenvalue weighted by atomic mass is 9.85. The third-order valence-corrected chi connectivity index (χ3v) is 10.4. The molecule has 1 heteroatoms. The topological polar surface area (TPSA) is 13.1 Å². The Hall–Kier alpha value is -6.96. The van der Waals surface area contributed by atoms with Crippen LogP contribution < -0.4 is 0 Å². The van der Waals surface area contributed by atoms with Crippen molar-refractivity contribution < 1.29 is 18.1 Å². The molecule has 0 unspecified atom stereocenters. The second-order valence-corrected chi connectivity index (χ2v) is 13.2. The van der Waals surface area contributed by atoms with Gasteiger partial charge >= 0.3 is 0 Å². The maximum atomic E-state index is 8.95. The summed E-state index contributed by atoms with van der Waals surface area (Å²) in [5.74, 6) is 0. The molecule has 0 aliphatic carbocycles. The van der Waals surface area contributed by atoms with Gasteiger partial charge in [0.05, 0.1) is 13.7 Å². The fourth-order valence-electron chi connectivity index (χ4n) is 8.30. The van der Waals surface area contributed by atoms with Crippen LogP contribution in [0.5, 0.6) is 0 Å². The quantitative estimate of drug-likeness (QED) is 0.168. The van der Waals surface area contributed by atoms with E-state index in [0.717, 1.165) is 76.1 Å². The highest BCUT2D eigenvalue weighted by molar-refractivity contribution is 6.25. The van der Waals surface area contributed by atoms with E-state index in [0.29, 0.717) is 22.3 Å². The Labute approximate surface area is 321 Å². The molecular formula is C52H32O. The van der Waals surface area contributed by atoms with E-state index in [1.165, 1.54) is 0 Å². The van der Waals surface area contributed by atoms with Gasteiger partial charge in [0.15, 0.2) is 0 Å². The molecule has 0 saturated carbocycles. The van der Waals surface area contributed by atoms with E-state index in [4.69, 9.17) is 18.1 Å². The van der Waals surface area contributed by atoms with Crippen LogP contribution in [0.1, 0.15) is 13.7 Å². The Morgan fingerprint density at radius 3 is 1.17 bits per heavy atom. The van der Waals surface area contributed by atoms with E-state index in [9.17, 15) is 0 Å². The normalized spacial score (nSPS) is 14.4. The highest BCUT2D eigenvalue weighted by Gasteiger charge is 2.21. The van der Waals surface area contributed by atoms with Gasteiger partial charge in [-0.05, 0) is 88.6 Å². The average molecular weight is 683 g/mol.